The molecule has 1 rings (SSSR count). The number of carbonyl (C=O) groups is 2. The number of ether oxygens (including phenoxy) is 2. The normalized spacial score (nSPS) is 10.5. The van der Waals surface area contributed by atoms with E-state index in [1.54, 1.807) is 19.1 Å². The van der Waals surface area contributed by atoms with E-state index in [9.17, 15) is 14.0 Å². The first kappa shape index (κ1) is 18.3. The van der Waals surface area contributed by atoms with Crippen LogP contribution in [-0.4, -0.2) is 44.7 Å². The summed E-state index contributed by atoms with van der Waals surface area (Å²) in [4.78, 5) is 22.4. The molecule has 0 unspecified atom stereocenters. The van der Waals surface area contributed by atoms with Crippen molar-refractivity contribution in [2.75, 3.05) is 32.9 Å². The van der Waals surface area contributed by atoms with Crippen LogP contribution >= 0.6 is 0 Å². The van der Waals surface area contributed by atoms with E-state index in [2.05, 4.69) is 10.1 Å². The van der Waals surface area contributed by atoms with Gasteiger partial charge < -0.3 is 14.8 Å². The van der Waals surface area contributed by atoms with E-state index < -0.39 is 5.97 Å². The SMILES string of the molecule is CCOC(=O)CC(=O)COCCNCCc1ccc(F)cc1. The number of hydrogen-bond donors (Lipinski definition) is 1. The molecule has 0 aliphatic heterocycles. The highest BCUT2D eigenvalue weighted by atomic mass is 19.1. The Hall–Kier alpha value is -1.79. The lowest BCUT2D eigenvalue weighted by Crippen LogP contribution is -2.24. The van der Waals surface area contributed by atoms with Crippen molar-refractivity contribution in [3.8, 4) is 0 Å². The highest BCUT2D eigenvalue weighted by Gasteiger charge is 2.09. The summed E-state index contributed by atoms with van der Waals surface area (Å²) in [5.41, 5.74) is 1.06. The molecule has 6 heteroatoms. The first-order valence-electron chi connectivity index (χ1n) is 7.32. The molecule has 0 spiro atoms. The Morgan fingerprint density at radius 2 is 1.91 bits per heavy atom. The molecule has 1 N–H and O–H groups in total. The maximum atomic E-state index is 12.7. The maximum Gasteiger partial charge on any atom is 0.313 e. The number of carbonyl (C=O) groups excluding carboxylic acids is 2. The summed E-state index contributed by atoms with van der Waals surface area (Å²) < 4.78 is 22.6. The van der Waals surface area contributed by atoms with Crippen LogP contribution in [0, 0.1) is 5.82 Å². The van der Waals surface area contributed by atoms with Crippen LogP contribution in [0.3, 0.4) is 0 Å². The number of benzene rings is 1. The number of rotatable bonds is 11. The monoisotopic (exact) mass is 311 g/mol. The molecule has 0 bridgehead atoms. The summed E-state index contributed by atoms with van der Waals surface area (Å²) in [6.45, 7) is 3.61. The highest BCUT2D eigenvalue weighted by molar-refractivity contribution is 5.96. The van der Waals surface area contributed by atoms with Gasteiger partial charge in [-0.2, -0.15) is 0 Å². The van der Waals surface area contributed by atoms with Crippen molar-refractivity contribution in [2.24, 2.45) is 0 Å². The van der Waals surface area contributed by atoms with Crippen molar-refractivity contribution in [3.05, 3.63) is 35.6 Å². The van der Waals surface area contributed by atoms with Crippen LogP contribution in [-0.2, 0) is 25.5 Å². The second-order valence-electron chi connectivity index (χ2n) is 4.70. The van der Waals surface area contributed by atoms with Crippen LogP contribution in [0.25, 0.3) is 0 Å². The molecule has 0 aromatic heterocycles. The lowest BCUT2D eigenvalue weighted by Gasteiger charge is -2.06. The Balaban J connectivity index is 1.98. The second-order valence-corrected chi connectivity index (χ2v) is 4.70. The number of Topliss-reactive ketones (excluding diaryl/α,β-unsaturated/α-hetero) is 1. The number of ketones is 1. The zero-order valence-electron chi connectivity index (χ0n) is 12.8. The van der Waals surface area contributed by atoms with Crippen molar-refractivity contribution in [1.29, 1.82) is 0 Å². The minimum Gasteiger partial charge on any atom is -0.466 e. The van der Waals surface area contributed by atoms with Crippen molar-refractivity contribution >= 4 is 11.8 Å². The molecule has 0 saturated heterocycles. The van der Waals surface area contributed by atoms with Gasteiger partial charge in [0.1, 0.15) is 18.8 Å². The fourth-order valence-electron chi connectivity index (χ4n) is 1.76. The average Bonchev–Trinajstić information content (AvgIpc) is 2.48. The molecule has 0 atom stereocenters. The van der Waals surface area contributed by atoms with Gasteiger partial charge in [0.05, 0.1) is 13.2 Å². The zero-order valence-corrected chi connectivity index (χ0v) is 12.8. The maximum absolute atomic E-state index is 12.7. The topological polar surface area (TPSA) is 64.6 Å². The van der Waals surface area contributed by atoms with Gasteiger partial charge >= 0.3 is 5.97 Å². The predicted molar refractivity (Wildman–Crippen MR) is 80.0 cm³/mol. The van der Waals surface area contributed by atoms with Gasteiger partial charge in [-0.05, 0) is 37.6 Å². The van der Waals surface area contributed by atoms with Gasteiger partial charge in [-0.3, -0.25) is 9.59 Å². The molecule has 1 aromatic carbocycles. The minimum atomic E-state index is -0.520. The van der Waals surface area contributed by atoms with Gasteiger partial charge in [0, 0.05) is 6.54 Å². The van der Waals surface area contributed by atoms with E-state index in [0.29, 0.717) is 13.2 Å². The average molecular weight is 311 g/mol. The first-order valence-corrected chi connectivity index (χ1v) is 7.32. The first-order chi connectivity index (χ1) is 10.6. The van der Waals surface area contributed by atoms with Gasteiger partial charge in [0.15, 0.2) is 5.78 Å². The third kappa shape index (κ3) is 8.49. The summed E-state index contributed by atoms with van der Waals surface area (Å²) in [7, 11) is 0. The number of esters is 1. The van der Waals surface area contributed by atoms with Gasteiger partial charge in [-0.15, -0.1) is 0 Å². The predicted octanol–water partition coefficient (Wildman–Crippen LogP) is 1.50. The molecule has 0 radical (unpaired) electrons. The third-order valence-corrected chi connectivity index (χ3v) is 2.84. The van der Waals surface area contributed by atoms with Crippen LogP contribution in [0.15, 0.2) is 24.3 Å². The Bertz CT molecular complexity index is 462. The molecule has 22 heavy (non-hydrogen) atoms. The largest absolute Gasteiger partial charge is 0.466 e. The van der Waals surface area contributed by atoms with Crippen molar-refractivity contribution < 1.29 is 23.5 Å². The van der Waals surface area contributed by atoms with E-state index in [0.717, 1.165) is 18.5 Å². The van der Waals surface area contributed by atoms with E-state index in [1.165, 1.54) is 12.1 Å². The van der Waals surface area contributed by atoms with Crippen molar-refractivity contribution in [3.63, 3.8) is 0 Å². The van der Waals surface area contributed by atoms with Crippen molar-refractivity contribution in [2.45, 2.75) is 19.8 Å². The molecule has 0 aliphatic rings. The molecule has 0 fully saturated rings. The van der Waals surface area contributed by atoms with Crippen LogP contribution in [0.2, 0.25) is 0 Å². The quantitative estimate of drug-likeness (QED) is 0.381. The number of hydrogen-bond acceptors (Lipinski definition) is 5. The Morgan fingerprint density at radius 3 is 2.59 bits per heavy atom. The smallest absolute Gasteiger partial charge is 0.313 e. The summed E-state index contributed by atoms with van der Waals surface area (Å²) in [5, 5.41) is 3.16. The molecule has 0 heterocycles. The summed E-state index contributed by atoms with van der Waals surface area (Å²) in [5.74, 6) is -1.05. The minimum absolute atomic E-state index is 0.0849. The van der Waals surface area contributed by atoms with E-state index in [-0.39, 0.29) is 31.2 Å². The van der Waals surface area contributed by atoms with E-state index in [4.69, 9.17) is 4.74 Å². The zero-order chi connectivity index (χ0) is 16.2. The van der Waals surface area contributed by atoms with Gasteiger partial charge in [-0.1, -0.05) is 12.1 Å². The number of nitrogens with one attached hydrogen (secondary N) is 1. The standard InChI is InChI=1S/C16H22FNO4/c1-2-22-16(20)11-15(19)12-21-10-9-18-8-7-13-3-5-14(17)6-4-13/h3-6,18H,2,7-12H2,1H3. The Morgan fingerprint density at radius 1 is 1.18 bits per heavy atom. The van der Waals surface area contributed by atoms with Gasteiger partial charge in [0.2, 0.25) is 0 Å². The van der Waals surface area contributed by atoms with Crippen molar-refractivity contribution in [1.82, 2.24) is 5.32 Å². The molecule has 0 amide bonds. The number of halogens is 1. The van der Waals surface area contributed by atoms with E-state index >= 15 is 0 Å². The fraction of sp³-hybridized carbons (Fsp3) is 0.500. The molecule has 1 aromatic rings. The molecule has 122 valence electrons. The molecular formula is C16H22FNO4. The van der Waals surface area contributed by atoms with E-state index in [1.807, 2.05) is 0 Å². The lowest BCUT2D eigenvalue weighted by atomic mass is 10.1. The van der Waals surface area contributed by atoms with Crippen LogP contribution in [0.4, 0.5) is 4.39 Å². The Kier molecular flexibility index (Phi) is 9.02. The molecule has 0 saturated carbocycles. The third-order valence-electron chi connectivity index (χ3n) is 2.84. The molecular weight excluding hydrogens is 289 g/mol. The van der Waals surface area contributed by atoms with Gasteiger partial charge in [-0.25, -0.2) is 4.39 Å². The highest BCUT2D eigenvalue weighted by Crippen LogP contribution is 2.02. The second kappa shape index (κ2) is 10.9. The Labute approximate surface area is 129 Å². The lowest BCUT2D eigenvalue weighted by molar-refractivity contribution is -0.146. The molecule has 0 aliphatic carbocycles. The summed E-state index contributed by atoms with van der Waals surface area (Å²) in [6, 6.07) is 6.38. The van der Waals surface area contributed by atoms with Crippen LogP contribution < -0.4 is 5.32 Å². The fourth-order valence-corrected chi connectivity index (χ4v) is 1.76. The molecule has 5 nitrogen and oxygen atoms in total. The summed E-state index contributed by atoms with van der Waals surface area (Å²) in [6.07, 6.45) is 0.550. The van der Waals surface area contributed by atoms with Crippen LogP contribution in [0.5, 0.6) is 0 Å². The van der Waals surface area contributed by atoms with Crippen LogP contribution in [0.1, 0.15) is 18.9 Å². The van der Waals surface area contributed by atoms with Gasteiger partial charge in [0.25, 0.3) is 0 Å². The summed E-state index contributed by atoms with van der Waals surface area (Å²) >= 11 is 0.